The van der Waals surface area contributed by atoms with E-state index >= 15 is 0 Å². The van der Waals surface area contributed by atoms with Gasteiger partial charge in [0.2, 0.25) is 0 Å². The number of nitrogens with zero attached hydrogens (tertiary/aromatic N) is 4. The quantitative estimate of drug-likeness (QED) is 0.873. The molecule has 2 aliphatic heterocycles. The largest absolute Gasteiger partial charge is 0.381 e. The predicted octanol–water partition coefficient (Wildman–Crippen LogP) is 2.42. The number of aromatic nitrogens is 3. The van der Waals surface area contributed by atoms with Gasteiger partial charge in [0, 0.05) is 37.9 Å². The highest BCUT2D eigenvalue weighted by Crippen LogP contribution is 2.29. The lowest BCUT2D eigenvalue weighted by molar-refractivity contribution is 0.0695. The van der Waals surface area contributed by atoms with Gasteiger partial charge in [-0.2, -0.15) is 0 Å². The molecule has 0 N–H and O–H groups in total. The third kappa shape index (κ3) is 2.52. The average Bonchev–Trinajstić information content (AvgIpc) is 3.12. The van der Waals surface area contributed by atoms with Gasteiger partial charge in [0.15, 0.2) is 5.65 Å². The Kier molecular flexibility index (Phi) is 3.84. The van der Waals surface area contributed by atoms with E-state index in [2.05, 4.69) is 27.6 Å². The first-order valence-corrected chi connectivity index (χ1v) is 8.43. The molecule has 5 heteroatoms. The first kappa shape index (κ1) is 14.2. The highest BCUT2D eigenvalue weighted by molar-refractivity contribution is 5.71. The molecule has 0 aliphatic carbocycles. The highest BCUT2D eigenvalue weighted by Gasteiger charge is 2.27. The molecule has 0 radical (unpaired) electrons. The zero-order chi connectivity index (χ0) is 14.9. The van der Waals surface area contributed by atoms with Crippen LogP contribution >= 0.6 is 0 Å². The maximum atomic E-state index is 5.54. The van der Waals surface area contributed by atoms with Crippen LogP contribution in [-0.4, -0.2) is 52.3 Å². The standard InChI is InChI=1S/C17H24N4O/c1-20-9-3-4-14(20)12-16-19-15-5-2-8-18-17(15)21(16)13-6-10-22-11-7-13/h2,5,8,13-14H,3-4,6-7,9-12H2,1H3. The van der Waals surface area contributed by atoms with E-state index in [4.69, 9.17) is 9.72 Å². The van der Waals surface area contributed by atoms with Crippen molar-refractivity contribution in [2.45, 2.75) is 44.2 Å². The summed E-state index contributed by atoms with van der Waals surface area (Å²) in [6.45, 7) is 2.90. The fourth-order valence-corrected chi connectivity index (χ4v) is 3.90. The second kappa shape index (κ2) is 5.97. The molecule has 5 nitrogen and oxygen atoms in total. The van der Waals surface area contributed by atoms with Crippen LogP contribution in [0.25, 0.3) is 11.2 Å². The number of ether oxygens (including phenoxy) is 1. The van der Waals surface area contributed by atoms with Crippen LogP contribution in [0.3, 0.4) is 0 Å². The van der Waals surface area contributed by atoms with E-state index in [-0.39, 0.29) is 0 Å². The van der Waals surface area contributed by atoms with Gasteiger partial charge in [0.1, 0.15) is 11.3 Å². The summed E-state index contributed by atoms with van der Waals surface area (Å²) < 4.78 is 7.94. The third-order valence-electron chi connectivity index (χ3n) is 5.17. The van der Waals surface area contributed by atoms with Crippen LogP contribution < -0.4 is 0 Å². The van der Waals surface area contributed by atoms with Gasteiger partial charge in [0.05, 0.1) is 0 Å². The summed E-state index contributed by atoms with van der Waals surface area (Å²) in [5.41, 5.74) is 2.08. The molecule has 4 rings (SSSR count). The van der Waals surface area contributed by atoms with E-state index in [0.717, 1.165) is 43.6 Å². The molecule has 2 aliphatic rings. The Hall–Kier alpha value is -1.46. The topological polar surface area (TPSA) is 43.2 Å². The van der Waals surface area contributed by atoms with Crippen molar-refractivity contribution in [3.05, 3.63) is 24.2 Å². The molecule has 0 amide bonds. The Morgan fingerprint density at radius 2 is 2.14 bits per heavy atom. The molecule has 0 saturated carbocycles. The second-order valence-electron chi connectivity index (χ2n) is 6.57. The lowest BCUT2D eigenvalue weighted by atomic mass is 10.1. The van der Waals surface area contributed by atoms with Crippen LogP contribution in [-0.2, 0) is 11.2 Å². The number of fused-ring (bicyclic) bond motifs is 1. The van der Waals surface area contributed by atoms with Crippen molar-refractivity contribution < 1.29 is 4.74 Å². The number of likely N-dealkylation sites (tertiary alicyclic amines) is 1. The van der Waals surface area contributed by atoms with E-state index in [1.54, 1.807) is 0 Å². The van der Waals surface area contributed by atoms with E-state index in [1.165, 1.54) is 25.2 Å². The van der Waals surface area contributed by atoms with Gasteiger partial charge in [-0.1, -0.05) is 0 Å². The van der Waals surface area contributed by atoms with Gasteiger partial charge in [0.25, 0.3) is 0 Å². The summed E-state index contributed by atoms with van der Waals surface area (Å²) in [7, 11) is 2.23. The summed E-state index contributed by atoms with van der Waals surface area (Å²) in [6.07, 6.45) is 7.62. The number of hydrogen-bond donors (Lipinski definition) is 0. The molecule has 1 atom stereocenters. The molecule has 0 spiro atoms. The molecule has 22 heavy (non-hydrogen) atoms. The number of rotatable bonds is 3. The molecular weight excluding hydrogens is 276 g/mol. The molecule has 2 aromatic rings. The third-order valence-corrected chi connectivity index (χ3v) is 5.17. The molecule has 2 fully saturated rings. The summed E-state index contributed by atoms with van der Waals surface area (Å²) in [5.74, 6) is 1.21. The Morgan fingerprint density at radius 1 is 1.27 bits per heavy atom. The lowest BCUT2D eigenvalue weighted by Crippen LogP contribution is -2.29. The zero-order valence-electron chi connectivity index (χ0n) is 13.2. The number of pyridine rings is 1. The minimum Gasteiger partial charge on any atom is -0.381 e. The fraction of sp³-hybridized carbons (Fsp3) is 0.647. The Morgan fingerprint density at radius 3 is 2.91 bits per heavy atom. The van der Waals surface area contributed by atoms with Crippen molar-refractivity contribution in [2.24, 2.45) is 0 Å². The van der Waals surface area contributed by atoms with Gasteiger partial charge in [-0.3, -0.25) is 0 Å². The van der Waals surface area contributed by atoms with Crippen LogP contribution in [0.2, 0.25) is 0 Å². The van der Waals surface area contributed by atoms with Gasteiger partial charge >= 0.3 is 0 Å². The Bertz CT molecular complexity index is 647. The van der Waals surface area contributed by atoms with Crippen molar-refractivity contribution in [1.82, 2.24) is 19.4 Å². The zero-order valence-corrected chi connectivity index (χ0v) is 13.2. The summed E-state index contributed by atoms with van der Waals surface area (Å²) >= 11 is 0. The van der Waals surface area contributed by atoms with Crippen molar-refractivity contribution in [1.29, 1.82) is 0 Å². The SMILES string of the molecule is CN1CCCC1Cc1nc2cccnc2n1C1CCOCC1. The van der Waals surface area contributed by atoms with Crippen molar-refractivity contribution >= 4 is 11.2 Å². The minimum absolute atomic E-state index is 0.482. The fourth-order valence-electron chi connectivity index (χ4n) is 3.90. The molecule has 118 valence electrons. The van der Waals surface area contributed by atoms with Crippen molar-refractivity contribution in [3.8, 4) is 0 Å². The minimum atomic E-state index is 0.482. The van der Waals surface area contributed by atoms with Gasteiger partial charge in [-0.15, -0.1) is 0 Å². The van der Waals surface area contributed by atoms with Crippen molar-refractivity contribution in [3.63, 3.8) is 0 Å². The maximum absolute atomic E-state index is 5.54. The average molecular weight is 300 g/mol. The first-order valence-electron chi connectivity index (χ1n) is 8.43. The Balaban J connectivity index is 1.72. The van der Waals surface area contributed by atoms with E-state index in [1.807, 2.05) is 12.3 Å². The highest BCUT2D eigenvalue weighted by atomic mass is 16.5. The van der Waals surface area contributed by atoms with Crippen LogP contribution in [0, 0.1) is 0 Å². The summed E-state index contributed by atoms with van der Waals surface area (Å²) in [4.78, 5) is 12.0. The summed E-state index contributed by atoms with van der Waals surface area (Å²) in [6, 6.07) is 5.17. The summed E-state index contributed by atoms with van der Waals surface area (Å²) in [5, 5.41) is 0. The molecule has 4 heterocycles. The van der Waals surface area contributed by atoms with Gasteiger partial charge in [-0.05, 0) is 51.4 Å². The van der Waals surface area contributed by atoms with Crippen molar-refractivity contribution in [2.75, 3.05) is 26.8 Å². The molecular formula is C17H24N4O. The van der Waals surface area contributed by atoms with E-state index in [9.17, 15) is 0 Å². The van der Waals surface area contributed by atoms with Gasteiger partial charge in [-0.25, -0.2) is 9.97 Å². The lowest BCUT2D eigenvalue weighted by Gasteiger charge is -2.27. The van der Waals surface area contributed by atoms with Crippen LogP contribution in [0.4, 0.5) is 0 Å². The molecule has 0 bridgehead atoms. The second-order valence-corrected chi connectivity index (χ2v) is 6.57. The molecule has 1 unspecified atom stereocenters. The maximum Gasteiger partial charge on any atom is 0.160 e. The number of likely N-dealkylation sites (N-methyl/N-ethyl adjacent to an activating group) is 1. The van der Waals surface area contributed by atoms with Crippen LogP contribution in [0.15, 0.2) is 18.3 Å². The smallest absolute Gasteiger partial charge is 0.160 e. The van der Waals surface area contributed by atoms with E-state index < -0.39 is 0 Å². The molecule has 2 aromatic heterocycles. The number of imidazole rings is 1. The Labute approximate surface area is 131 Å². The van der Waals surface area contributed by atoms with Crippen LogP contribution in [0.5, 0.6) is 0 Å². The van der Waals surface area contributed by atoms with Gasteiger partial charge < -0.3 is 14.2 Å². The molecule has 2 saturated heterocycles. The van der Waals surface area contributed by atoms with Crippen LogP contribution in [0.1, 0.15) is 37.5 Å². The van der Waals surface area contributed by atoms with E-state index in [0.29, 0.717) is 12.1 Å². The normalized spacial score (nSPS) is 24.3. The first-order chi connectivity index (χ1) is 10.8. The predicted molar refractivity (Wildman–Crippen MR) is 86.0 cm³/mol. The monoisotopic (exact) mass is 300 g/mol. The number of hydrogen-bond acceptors (Lipinski definition) is 4. The molecule has 0 aromatic carbocycles.